The molecule has 0 fully saturated rings. The molecule has 6 heteroatoms. The maximum Gasteiger partial charge on any atom is 0.266 e. The van der Waals surface area contributed by atoms with Crippen molar-refractivity contribution in [1.82, 2.24) is 14.5 Å². The summed E-state index contributed by atoms with van der Waals surface area (Å²) in [4.78, 5) is 32.9. The molecule has 1 amide bonds. The summed E-state index contributed by atoms with van der Waals surface area (Å²) in [6.45, 7) is 4.07. The number of aromatic nitrogens is 2. The number of carbonyl (C=O) groups is 1. The van der Waals surface area contributed by atoms with E-state index >= 15 is 0 Å². The molecule has 1 heterocycles. The highest BCUT2D eigenvalue weighted by Crippen LogP contribution is 2.25. The number of amides is 1. The van der Waals surface area contributed by atoms with Crippen molar-refractivity contribution in [1.29, 1.82) is 0 Å². The molecule has 0 aliphatic rings. The molecule has 1 unspecified atom stereocenters. The quantitative estimate of drug-likeness (QED) is 0.432. The zero-order chi connectivity index (χ0) is 22.7. The molecule has 0 aliphatic heterocycles. The first kappa shape index (κ1) is 21.4. The number of fused-ring (bicyclic) bond motifs is 1. The van der Waals surface area contributed by atoms with Gasteiger partial charge in [0.2, 0.25) is 5.91 Å². The predicted octanol–water partition coefficient (Wildman–Crippen LogP) is 5.02. The van der Waals surface area contributed by atoms with Gasteiger partial charge in [0.05, 0.1) is 22.6 Å². The lowest BCUT2D eigenvalue weighted by Gasteiger charge is -2.30. The van der Waals surface area contributed by atoms with Crippen molar-refractivity contribution in [3.05, 3.63) is 106 Å². The minimum absolute atomic E-state index is 0.0468. The van der Waals surface area contributed by atoms with E-state index in [4.69, 9.17) is 4.98 Å². The summed E-state index contributed by atoms with van der Waals surface area (Å²) in [5, 5.41) is 0.462. The van der Waals surface area contributed by atoms with Gasteiger partial charge < -0.3 is 4.90 Å². The minimum atomic E-state index is -0.495. The van der Waals surface area contributed by atoms with Crippen molar-refractivity contribution >= 4 is 16.8 Å². The number of nitrogens with zero attached hydrogens (tertiary/aromatic N) is 3. The van der Waals surface area contributed by atoms with E-state index in [2.05, 4.69) is 0 Å². The summed E-state index contributed by atoms with van der Waals surface area (Å²) in [6.07, 6.45) is 0.325. The summed E-state index contributed by atoms with van der Waals surface area (Å²) in [7, 11) is 0. The van der Waals surface area contributed by atoms with Crippen LogP contribution in [0.25, 0.3) is 16.6 Å². The summed E-state index contributed by atoms with van der Waals surface area (Å²) >= 11 is 0. The lowest BCUT2D eigenvalue weighted by molar-refractivity contribution is -0.133. The van der Waals surface area contributed by atoms with Gasteiger partial charge in [0.1, 0.15) is 11.6 Å². The average molecular weight is 429 g/mol. The molecule has 0 N–H and O–H groups in total. The average Bonchev–Trinajstić information content (AvgIpc) is 2.83. The molecule has 3 aromatic carbocycles. The van der Waals surface area contributed by atoms with Crippen LogP contribution in [0.3, 0.4) is 0 Å². The van der Waals surface area contributed by atoms with Crippen molar-refractivity contribution in [3.63, 3.8) is 0 Å². The zero-order valence-corrected chi connectivity index (χ0v) is 18.0. The molecule has 162 valence electrons. The largest absolute Gasteiger partial charge is 0.328 e. The molecule has 0 saturated heterocycles. The second kappa shape index (κ2) is 9.14. The lowest BCUT2D eigenvalue weighted by Crippen LogP contribution is -2.36. The van der Waals surface area contributed by atoms with E-state index in [0.717, 1.165) is 5.56 Å². The molecule has 32 heavy (non-hydrogen) atoms. The third-order valence-electron chi connectivity index (χ3n) is 5.55. The van der Waals surface area contributed by atoms with Crippen LogP contribution in [0.1, 0.15) is 37.7 Å². The van der Waals surface area contributed by atoms with E-state index < -0.39 is 11.9 Å². The van der Waals surface area contributed by atoms with E-state index in [1.165, 1.54) is 16.7 Å². The molecule has 0 radical (unpaired) electrons. The predicted molar refractivity (Wildman–Crippen MR) is 123 cm³/mol. The normalized spacial score (nSPS) is 12.0. The molecular formula is C26H24FN3O2. The Hall–Kier alpha value is -3.80. The van der Waals surface area contributed by atoms with E-state index in [9.17, 15) is 14.0 Å². The van der Waals surface area contributed by atoms with E-state index in [1.54, 1.807) is 35.2 Å². The van der Waals surface area contributed by atoms with Crippen LogP contribution < -0.4 is 5.56 Å². The zero-order valence-electron chi connectivity index (χ0n) is 18.0. The van der Waals surface area contributed by atoms with Gasteiger partial charge >= 0.3 is 0 Å². The first-order chi connectivity index (χ1) is 15.5. The van der Waals surface area contributed by atoms with Gasteiger partial charge in [-0.05, 0) is 48.9 Å². The van der Waals surface area contributed by atoms with Gasteiger partial charge in [-0.1, -0.05) is 49.4 Å². The maximum absolute atomic E-state index is 13.6. The topological polar surface area (TPSA) is 55.2 Å². The van der Waals surface area contributed by atoms with Crippen LogP contribution in [0.15, 0.2) is 83.7 Å². The Labute approximate surface area is 185 Å². The SMILES string of the molecule is CCC(=O)N(Cc1ccccc1)C(C)c1nc2ccccc2c(=O)n1-c1ccc(F)cc1. The van der Waals surface area contributed by atoms with Crippen LogP contribution in [-0.2, 0) is 11.3 Å². The fourth-order valence-corrected chi connectivity index (χ4v) is 3.83. The Bertz CT molecular complexity index is 1300. The van der Waals surface area contributed by atoms with Gasteiger partial charge in [-0.25, -0.2) is 9.37 Å². The molecule has 1 aromatic heterocycles. The summed E-state index contributed by atoms with van der Waals surface area (Å²) in [5.74, 6) is -0.00975. The number of rotatable bonds is 6. The number of para-hydroxylation sites is 1. The number of halogens is 1. The number of hydrogen-bond acceptors (Lipinski definition) is 3. The van der Waals surface area contributed by atoms with Crippen LogP contribution in [0, 0.1) is 5.82 Å². The van der Waals surface area contributed by atoms with Gasteiger partial charge in [0.25, 0.3) is 5.56 Å². The number of carbonyl (C=O) groups excluding carboxylic acids is 1. The Morgan fingerprint density at radius 3 is 2.34 bits per heavy atom. The molecular weight excluding hydrogens is 405 g/mol. The van der Waals surface area contributed by atoms with Crippen molar-refractivity contribution in [2.45, 2.75) is 32.9 Å². The standard InChI is InChI=1S/C26H24FN3O2/c1-3-24(31)29(17-19-9-5-4-6-10-19)18(2)25-28-23-12-8-7-11-22(23)26(32)30(25)21-15-13-20(27)14-16-21/h4-16,18H,3,17H2,1-2H3. The molecule has 4 aromatic rings. The highest BCUT2D eigenvalue weighted by atomic mass is 19.1. The van der Waals surface area contributed by atoms with Gasteiger partial charge in [-0.3, -0.25) is 14.2 Å². The molecule has 0 aliphatic carbocycles. The number of hydrogen-bond donors (Lipinski definition) is 0. The monoisotopic (exact) mass is 429 g/mol. The first-order valence-corrected chi connectivity index (χ1v) is 10.6. The Morgan fingerprint density at radius 2 is 1.66 bits per heavy atom. The fraction of sp³-hybridized carbons (Fsp3) is 0.192. The number of benzene rings is 3. The van der Waals surface area contributed by atoms with E-state index in [-0.39, 0.29) is 11.5 Å². The Kier molecular flexibility index (Phi) is 6.12. The van der Waals surface area contributed by atoms with Gasteiger partial charge in [0.15, 0.2) is 0 Å². The highest BCUT2D eigenvalue weighted by molar-refractivity contribution is 5.79. The van der Waals surface area contributed by atoms with Crippen molar-refractivity contribution < 1.29 is 9.18 Å². The molecule has 0 bridgehead atoms. The first-order valence-electron chi connectivity index (χ1n) is 10.6. The minimum Gasteiger partial charge on any atom is -0.328 e. The molecule has 4 rings (SSSR count). The summed E-state index contributed by atoms with van der Waals surface area (Å²) in [5.41, 5.74) is 1.78. The summed E-state index contributed by atoms with van der Waals surface area (Å²) < 4.78 is 15.1. The van der Waals surface area contributed by atoms with Crippen molar-refractivity contribution in [2.24, 2.45) is 0 Å². The molecule has 0 spiro atoms. The smallest absolute Gasteiger partial charge is 0.266 e. The van der Waals surface area contributed by atoms with Crippen LogP contribution in [0.4, 0.5) is 4.39 Å². The van der Waals surface area contributed by atoms with Gasteiger partial charge in [-0.2, -0.15) is 0 Å². The second-order valence-corrected chi connectivity index (χ2v) is 7.64. The van der Waals surface area contributed by atoms with E-state index in [1.807, 2.05) is 50.2 Å². The summed E-state index contributed by atoms with van der Waals surface area (Å²) in [6, 6.07) is 22.0. The Morgan fingerprint density at radius 1 is 1.00 bits per heavy atom. The van der Waals surface area contributed by atoms with Crippen LogP contribution in [0.5, 0.6) is 0 Å². The third-order valence-corrected chi connectivity index (χ3v) is 5.55. The second-order valence-electron chi connectivity index (χ2n) is 7.64. The molecule has 0 saturated carbocycles. The van der Waals surface area contributed by atoms with E-state index in [0.29, 0.717) is 35.4 Å². The van der Waals surface area contributed by atoms with Crippen molar-refractivity contribution in [2.75, 3.05) is 0 Å². The van der Waals surface area contributed by atoms with Crippen LogP contribution in [-0.4, -0.2) is 20.4 Å². The van der Waals surface area contributed by atoms with Crippen LogP contribution in [0.2, 0.25) is 0 Å². The van der Waals surface area contributed by atoms with Gasteiger partial charge in [-0.15, -0.1) is 0 Å². The maximum atomic E-state index is 13.6. The van der Waals surface area contributed by atoms with Crippen LogP contribution >= 0.6 is 0 Å². The fourth-order valence-electron chi connectivity index (χ4n) is 3.83. The Balaban J connectivity index is 1.90. The third kappa shape index (κ3) is 4.17. The molecule has 5 nitrogen and oxygen atoms in total. The molecule has 1 atom stereocenters. The van der Waals surface area contributed by atoms with Crippen molar-refractivity contribution in [3.8, 4) is 5.69 Å². The lowest BCUT2D eigenvalue weighted by atomic mass is 10.1. The van der Waals surface area contributed by atoms with Gasteiger partial charge in [0, 0.05) is 13.0 Å². The highest BCUT2D eigenvalue weighted by Gasteiger charge is 2.26.